The van der Waals surface area contributed by atoms with Crippen molar-refractivity contribution in [1.29, 1.82) is 0 Å². The first-order valence-corrected chi connectivity index (χ1v) is 10.7. The molecule has 3 aromatic rings. The highest BCUT2D eigenvalue weighted by atomic mass is 16.5. The van der Waals surface area contributed by atoms with Crippen LogP contribution in [-0.2, 0) is 17.7 Å². The predicted octanol–water partition coefficient (Wildman–Crippen LogP) is 3.71. The van der Waals surface area contributed by atoms with Gasteiger partial charge < -0.3 is 25.5 Å². The molecule has 4 N–H and O–H groups in total. The molecule has 2 aromatic heterocycles. The van der Waals surface area contributed by atoms with Crippen LogP contribution >= 0.6 is 0 Å². The number of unbranched alkanes of at least 4 members (excludes halogenated alkanes) is 1. The summed E-state index contributed by atoms with van der Waals surface area (Å²) >= 11 is 0. The van der Waals surface area contributed by atoms with Crippen molar-refractivity contribution in [3.8, 4) is 0 Å². The smallest absolute Gasteiger partial charge is 0.404 e. The molecule has 1 aromatic carbocycles. The molecule has 8 heteroatoms. The third-order valence-electron chi connectivity index (χ3n) is 5.86. The van der Waals surface area contributed by atoms with Crippen LogP contribution in [0.1, 0.15) is 44.9 Å². The highest BCUT2D eigenvalue weighted by Gasteiger charge is 2.23. The van der Waals surface area contributed by atoms with Gasteiger partial charge in [0.1, 0.15) is 11.3 Å². The summed E-state index contributed by atoms with van der Waals surface area (Å²) in [6.45, 7) is 3.58. The number of carbonyl (C=O) groups is 1. The van der Waals surface area contributed by atoms with Gasteiger partial charge in [-0.2, -0.15) is 0 Å². The number of aromatic nitrogens is 3. The van der Waals surface area contributed by atoms with Crippen LogP contribution in [0, 0.1) is 0 Å². The number of nitrogens with two attached hydrogens (primary N) is 1. The van der Waals surface area contributed by atoms with Crippen LogP contribution in [0.4, 0.5) is 10.6 Å². The quantitative estimate of drug-likeness (QED) is 0.511. The van der Waals surface area contributed by atoms with Gasteiger partial charge in [-0.25, -0.2) is 14.8 Å². The molecule has 4 rings (SSSR count). The molecular weight excluding hydrogens is 382 g/mol. The van der Waals surface area contributed by atoms with E-state index in [2.05, 4.69) is 27.9 Å². The summed E-state index contributed by atoms with van der Waals surface area (Å²) in [5.74, 6) is 1.50. The van der Waals surface area contributed by atoms with Crippen molar-refractivity contribution in [2.45, 2.75) is 64.1 Å². The van der Waals surface area contributed by atoms with Crippen molar-refractivity contribution in [2.24, 2.45) is 0 Å². The van der Waals surface area contributed by atoms with Crippen LogP contribution in [0.5, 0.6) is 0 Å². The topological polar surface area (TPSA) is 115 Å². The van der Waals surface area contributed by atoms with Crippen LogP contribution in [0.25, 0.3) is 21.9 Å². The summed E-state index contributed by atoms with van der Waals surface area (Å²) < 4.78 is 8.12. The maximum atomic E-state index is 10.9. The standard InChI is InChI=1S/C22H29N5O3/c1-2-18-26-19-20(16-8-3-4-9-17(16)25-21(19)23)27(18)11-6-5-7-15-13-14(10-12-30-15)24-22(28)29/h3-4,8-9,14-15,24H,2,5-7,10-13H2,1H3,(H2,23,25)(H,28,29). The van der Waals surface area contributed by atoms with E-state index >= 15 is 0 Å². The van der Waals surface area contributed by atoms with E-state index in [0.717, 1.165) is 72.8 Å². The number of hydrogen-bond acceptors (Lipinski definition) is 5. The van der Waals surface area contributed by atoms with Gasteiger partial charge in [-0.1, -0.05) is 25.1 Å². The number of nitrogens with zero attached hydrogens (tertiary/aromatic N) is 3. The zero-order chi connectivity index (χ0) is 21.1. The molecule has 3 heterocycles. The number of rotatable bonds is 7. The number of fused-ring (bicyclic) bond motifs is 3. The first-order valence-electron chi connectivity index (χ1n) is 10.7. The largest absolute Gasteiger partial charge is 0.465 e. The summed E-state index contributed by atoms with van der Waals surface area (Å²) in [5, 5.41) is 12.6. The highest BCUT2D eigenvalue weighted by Crippen LogP contribution is 2.29. The van der Waals surface area contributed by atoms with Gasteiger partial charge >= 0.3 is 6.09 Å². The maximum Gasteiger partial charge on any atom is 0.404 e. The number of benzene rings is 1. The van der Waals surface area contributed by atoms with Crippen molar-refractivity contribution < 1.29 is 14.6 Å². The average molecular weight is 412 g/mol. The highest BCUT2D eigenvalue weighted by molar-refractivity contribution is 6.06. The lowest BCUT2D eigenvalue weighted by atomic mass is 9.99. The molecular formula is C22H29N5O3. The minimum absolute atomic E-state index is 0.00706. The van der Waals surface area contributed by atoms with Gasteiger partial charge in [0, 0.05) is 31.0 Å². The third kappa shape index (κ3) is 4.18. The normalized spacial score (nSPS) is 19.4. The van der Waals surface area contributed by atoms with Crippen LogP contribution < -0.4 is 11.1 Å². The van der Waals surface area contributed by atoms with Gasteiger partial charge in [0.25, 0.3) is 0 Å². The van der Waals surface area contributed by atoms with E-state index in [1.807, 2.05) is 18.2 Å². The number of ether oxygens (including phenoxy) is 1. The van der Waals surface area contributed by atoms with Crippen molar-refractivity contribution >= 4 is 33.8 Å². The molecule has 0 bridgehead atoms. The molecule has 1 aliphatic rings. The van der Waals surface area contributed by atoms with Crippen molar-refractivity contribution in [3.05, 3.63) is 30.1 Å². The van der Waals surface area contributed by atoms with Gasteiger partial charge in [0.05, 0.1) is 17.1 Å². The Bertz CT molecular complexity index is 1050. The minimum Gasteiger partial charge on any atom is -0.465 e. The number of nitrogens with one attached hydrogen (secondary N) is 1. The van der Waals surface area contributed by atoms with E-state index in [4.69, 9.17) is 20.6 Å². The summed E-state index contributed by atoms with van der Waals surface area (Å²) in [6.07, 6.45) is 4.40. The molecule has 30 heavy (non-hydrogen) atoms. The molecule has 1 saturated heterocycles. The molecule has 1 aliphatic heterocycles. The number of imidazole rings is 1. The summed E-state index contributed by atoms with van der Waals surface area (Å²) in [5.41, 5.74) is 8.94. The van der Waals surface area contributed by atoms with Gasteiger partial charge in [-0.15, -0.1) is 0 Å². The number of amides is 1. The van der Waals surface area contributed by atoms with Crippen LogP contribution in [0.3, 0.4) is 0 Å². The number of hydrogen-bond donors (Lipinski definition) is 3. The predicted molar refractivity (Wildman–Crippen MR) is 117 cm³/mol. The minimum atomic E-state index is -0.958. The third-order valence-corrected chi connectivity index (χ3v) is 5.86. The van der Waals surface area contributed by atoms with Crippen LogP contribution in [-0.4, -0.2) is 44.5 Å². The molecule has 2 atom stereocenters. The Morgan fingerprint density at radius 2 is 2.17 bits per heavy atom. The van der Waals surface area contributed by atoms with Crippen LogP contribution in [0.2, 0.25) is 0 Å². The van der Waals surface area contributed by atoms with Crippen molar-refractivity contribution in [3.63, 3.8) is 0 Å². The average Bonchev–Trinajstić information content (AvgIpc) is 3.11. The molecule has 0 radical (unpaired) electrons. The second-order valence-electron chi connectivity index (χ2n) is 7.90. The van der Waals surface area contributed by atoms with E-state index in [9.17, 15) is 4.79 Å². The molecule has 8 nitrogen and oxygen atoms in total. The number of pyridine rings is 1. The first-order chi connectivity index (χ1) is 14.6. The summed E-state index contributed by atoms with van der Waals surface area (Å²) in [6, 6.07) is 8.04. The zero-order valence-corrected chi connectivity index (χ0v) is 17.3. The molecule has 0 aliphatic carbocycles. The number of aryl methyl sites for hydroxylation is 2. The maximum absolute atomic E-state index is 10.9. The van der Waals surface area contributed by atoms with Gasteiger partial charge in [-0.05, 0) is 38.2 Å². The lowest BCUT2D eigenvalue weighted by Crippen LogP contribution is -2.41. The number of carboxylic acid groups (broad SMARTS) is 1. The summed E-state index contributed by atoms with van der Waals surface area (Å²) in [4.78, 5) is 20.2. The molecule has 2 unspecified atom stereocenters. The van der Waals surface area contributed by atoms with E-state index in [0.29, 0.717) is 12.4 Å². The van der Waals surface area contributed by atoms with Gasteiger partial charge in [0.2, 0.25) is 0 Å². The second-order valence-corrected chi connectivity index (χ2v) is 7.90. The molecule has 1 amide bonds. The SMILES string of the molecule is CCc1nc2c(N)nc3ccccc3c2n1CCCCC1CC(NC(=O)O)CCO1. The van der Waals surface area contributed by atoms with E-state index in [1.165, 1.54) is 0 Å². The van der Waals surface area contributed by atoms with E-state index < -0.39 is 6.09 Å². The number of nitrogen functional groups attached to an aromatic ring is 1. The van der Waals surface area contributed by atoms with Gasteiger partial charge in [0.15, 0.2) is 5.82 Å². The van der Waals surface area contributed by atoms with Gasteiger partial charge in [-0.3, -0.25) is 0 Å². The number of anilines is 1. The Labute approximate surface area is 175 Å². The molecule has 160 valence electrons. The van der Waals surface area contributed by atoms with Crippen molar-refractivity contribution in [2.75, 3.05) is 12.3 Å². The fraction of sp³-hybridized carbons (Fsp3) is 0.500. The number of para-hydroxylation sites is 1. The Kier molecular flexibility index (Phi) is 6.03. The zero-order valence-electron chi connectivity index (χ0n) is 17.3. The Morgan fingerprint density at radius 1 is 1.33 bits per heavy atom. The fourth-order valence-corrected chi connectivity index (χ4v) is 4.44. The Hall–Kier alpha value is -2.87. The Balaban J connectivity index is 1.46. The van der Waals surface area contributed by atoms with Crippen LogP contribution in [0.15, 0.2) is 24.3 Å². The molecule has 0 saturated carbocycles. The van der Waals surface area contributed by atoms with E-state index in [1.54, 1.807) is 0 Å². The fourth-order valence-electron chi connectivity index (χ4n) is 4.44. The van der Waals surface area contributed by atoms with E-state index in [-0.39, 0.29) is 12.1 Å². The lowest BCUT2D eigenvalue weighted by Gasteiger charge is -2.29. The molecule has 0 spiro atoms. The van der Waals surface area contributed by atoms with Crippen molar-refractivity contribution in [1.82, 2.24) is 19.9 Å². The Morgan fingerprint density at radius 3 is 2.97 bits per heavy atom. The first kappa shape index (κ1) is 20.4. The summed E-state index contributed by atoms with van der Waals surface area (Å²) in [7, 11) is 0. The molecule has 1 fully saturated rings. The lowest BCUT2D eigenvalue weighted by molar-refractivity contribution is -0.00333. The monoisotopic (exact) mass is 411 g/mol. The second kappa shape index (κ2) is 8.87.